The fourth-order valence-corrected chi connectivity index (χ4v) is 20.1. The lowest BCUT2D eigenvalue weighted by Gasteiger charge is -2.57. The second-order valence-electron chi connectivity index (χ2n) is 30.2. The molecule has 22 rings (SSSR count). The molecule has 116 heavy (non-hydrogen) atoms. The number of furan rings is 1. The van der Waals surface area contributed by atoms with Gasteiger partial charge < -0.3 is 37.3 Å². The van der Waals surface area contributed by atoms with Crippen LogP contribution in [0.25, 0.3) is 86.7 Å². The average molecular weight is 1500 g/mol. The van der Waals surface area contributed by atoms with E-state index >= 15 is 0 Å². The number of anilines is 6. The van der Waals surface area contributed by atoms with Gasteiger partial charge in [0.2, 0.25) is 5.71 Å². The van der Waals surface area contributed by atoms with Crippen molar-refractivity contribution in [3.05, 3.63) is 437 Å². The van der Waals surface area contributed by atoms with E-state index in [1.54, 1.807) is 0 Å². The van der Waals surface area contributed by atoms with E-state index in [2.05, 4.69) is 474 Å². The minimum Gasteiger partial charge on any atom is -0.439 e. The van der Waals surface area contributed by atoms with Crippen molar-refractivity contribution in [2.75, 3.05) is 28.3 Å². The van der Waals surface area contributed by atoms with Gasteiger partial charge in [0, 0.05) is 71.4 Å². The van der Waals surface area contributed by atoms with Crippen LogP contribution < -0.4 is 61.1 Å². The maximum atomic E-state index is 6.95. The molecule has 2 saturated heterocycles. The number of fused-ring (bicyclic) bond motifs is 10. The number of benzene rings is 16. The molecule has 0 saturated carbocycles. The van der Waals surface area contributed by atoms with Crippen LogP contribution in [0.4, 0.5) is 34.1 Å². The molecular formula is C100H72B6N8OS. The van der Waals surface area contributed by atoms with Crippen molar-refractivity contribution >= 4 is 184 Å². The summed E-state index contributed by atoms with van der Waals surface area (Å²) in [4.78, 5) is 1.19. The van der Waals surface area contributed by atoms with Gasteiger partial charge in [-0.05, 0) is 159 Å². The minimum absolute atomic E-state index is 0.247. The third-order valence-corrected chi connectivity index (χ3v) is 24.8. The Morgan fingerprint density at radius 2 is 0.509 bits per heavy atom. The van der Waals surface area contributed by atoms with Gasteiger partial charge in [-0.3, -0.25) is 4.57 Å². The van der Waals surface area contributed by atoms with Gasteiger partial charge in [0.15, 0.2) is 0 Å². The van der Waals surface area contributed by atoms with Crippen molar-refractivity contribution in [1.82, 2.24) is 9.13 Å². The number of hydrogen-bond acceptors (Lipinski definition) is 8. The van der Waals surface area contributed by atoms with Gasteiger partial charge in [-0.1, -0.05) is 322 Å². The molecule has 2 aliphatic rings. The third-order valence-electron chi connectivity index (χ3n) is 23.6. The van der Waals surface area contributed by atoms with E-state index in [1.807, 2.05) is 11.3 Å². The topological polar surface area (TPSA) is 42.4 Å². The molecule has 2 aliphatic heterocycles. The first-order chi connectivity index (χ1) is 57.6. The highest BCUT2D eigenvalue weighted by atomic mass is 32.1. The fourth-order valence-electron chi connectivity index (χ4n) is 18.8. The molecule has 0 spiro atoms. The van der Waals surface area contributed by atoms with Crippen LogP contribution in [0.1, 0.15) is 0 Å². The molecule has 0 amide bonds. The molecule has 0 bridgehead atoms. The molecule has 0 atom stereocenters. The van der Waals surface area contributed by atoms with Crippen molar-refractivity contribution in [2.45, 2.75) is 0 Å². The predicted molar refractivity (Wildman–Crippen MR) is 497 cm³/mol. The normalized spacial score (nSPS) is 13.5. The van der Waals surface area contributed by atoms with Gasteiger partial charge >= 0.3 is 41.9 Å². The zero-order valence-corrected chi connectivity index (χ0v) is 64.2. The Morgan fingerprint density at radius 3 is 0.931 bits per heavy atom. The molecule has 0 unspecified atom stereocenters. The van der Waals surface area contributed by atoms with Gasteiger partial charge in [0.1, 0.15) is 10.4 Å². The van der Waals surface area contributed by atoms with Crippen LogP contribution in [0.15, 0.2) is 441 Å². The van der Waals surface area contributed by atoms with Crippen molar-refractivity contribution in [3.63, 3.8) is 0 Å². The van der Waals surface area contributed by atoms with Gasteiger partial charge in [-0.25, -0.2) is 0 Å². The first-order valence-electron chi connectivity index (χ1n) is 40.0. The smallest absolute Gasteiger partial charge is 0.388 e. The molecule has 20 aromatic rings. The lowest BCUT2D eigenvalue weighted by Crippen LogP contribution is -2.86. The van der Waals surface area contributed by atoms with Crippen LogP contribution in [-0.2, 0) is 0 Å². The van der Waals surface area contributed by atoms with Gasteiger partial charge in [-0.2, -0.15) is 0 Å². The quantitative estimate of drug-likeness (QED) is 0.0948. The standard InChI is InChI=1S/C100H72B6N8OS/c1-10-38-75(39-11-1)101-109(81-50-22-7-23-51-81)103(77-42-14-3-15-43-77)113(104(78-44-16-4-17-45-78)110(101)82-52-24-8-25-53-82)88-60-36-57-85(72-88)108-94-65-32-29-62-90(94)98-92-70-74(67-68-96(92)116-100(98)108)73-37-34-58-86(69-73)112-102(76-40-12-2-13-41-76)111(83-54-26-9-27-55-83)105(79-46-18-5-19-47-79)114(106(112)80-48-20-6-21-49-80)87-59-35-56-84(71-87)107-93-64-31-28-61-89(93)97-91-63-30-33-66-95(91)115-99(97)107/h1-72H. The Balaban J connectivity index is 0.718. The summed E-state index contributed by atoms with van der Waals surface area (Å²) in [5.74, 6) is 0. The number of aromatic nitrogens is 2. The number of rotatable bonds is 15. The molecule has 0 radical (unpaired) electrons. The Hall–Kier alpha value is -14.2. The summed E-state index contributed by atoms with van der Waals surface area (Å²) in [6.45, 7) is -1.94. The minimum atomic E-state index is -0.395. The third kappa shape index (κ3) is 11.6. The van der Waals surface area contributed by atoms with Crippen molar-refractivity contribution in [2.24, 2.45) is 0 Å². The molecule has 6 heterocycles. The Morgan fingerprint density at radius 1 is 0.207 bits per heavy atom. The molecule has 4 aromatic heterocycles. The number of thiophene rings is 1. The van der Waals surface area contributed by atoms with E-state index in [-0.39, 0.29) is 34.9 Å². The van der Waals surface area contributed by atoms with Crippen molar-refractivity contribution in [1.29, 1.82) is 0 Å². The summed E-state index contributed by atoms with van der Waals surface area (Å²) >= 11 is 1.87. The summed E-state index contributed by atoms with van der Waals surface area (Å²) in [7, 11) is 0. The Bertz CT molecular complexity index is 6870. The van der Waals surface area contributed by atoms with E-state index in [4.69, 9.17) is 4.42 Å². The van der Waals surface area contributed by atoms with E-state index in [0.29, 0.717) is 0 Å². The van der Waals surface area contributed by atoms with E-state index in [0.717, 1.165) is 112 Å². The van der Waals surface area contributed by atoms with E-state index in [1.165, 1.54) is 42.1 Å². The Kier molecular flexibility index (Phi) is 17.2. The lowest BCUT2D eigenvalue weighted by molar-refractivity contribution is 0.645. The predicted octanol–water partition coefficient (Wildman–Crippen LogP) is 19.5. The summed E-state index contributed by atoms with van der Waals surface area (Å²) in [6, 6.07) is 161. The van der Waals surface area contributed by atoms with Crippen LogP contribution in [0.5, 0.6) is 0 Å². The highest BCUT2D eigenvalue weighted by Crippen LogP contribution is 2.47. The molecule has 0 N–H and O–H groups in total. The maximum Gasteiger partial charge on any atom is 0.388 e. The van der Waals surface area contributed by atoms with Crippen LogP contribution >= 0.6 is 11.3 Å². The summed E-state index contributed by atoms with van der Waals surface area (Å²) in [5, 5.41) is 7.03. The zero-order valence-electron chi connectivity index (χ0n) is 63.4. The van der Waals surface area contributed by atoms with Gasteiger partial charge in [0.05, 0.1) is 22.1 Å². The van der Waals surface area contributed by atoms with Crippen LogP contribution in [0, 0.1) is 0 Å². The highest BCUT2D eigenvalue weighted by Gasteiger charge is 2.58. The van der Waals surface area contributed by atoms with Gasteiger partial charge in [-0.15, -0.1) is 11.3 Å². The van der Waals surface area contributed by atoms with Crippen molar-refractivity contribution < 1.29 is 4.42 Å². The number of para-hydroxylation sites is 6. The molecule has 2 fully saturated rings. The van der Waals surface area contributed by atoms with Gasteiger partial charge in [0.25, 0.3) is 0 Å². The molecule has 542 valence electrons. The average Bonchev–Trinajstić information content (AvgIpc) is 1.19. The summed E-state index contributed by atoms with van der Waals surface area (Å²) in [5.41, 5.74) is 21.8. The SMILES string of the molecule is c1ccc(B2N(c3ccccc3)B(c3ccccc3)N(c3cccc(-n4c5ccccc5c5c6cc(-c7cccc(N8B(c9ccccc9)N(c9ccccc9)B(c9ccccc9)N(c9cccc(-n%10c%11ccccc%11c%11c%12ccccc%12oc%11%10)c9)B8c8ccccc8)c7)ccc6sc54)c3)B(c3ccccc3)N2c2ccccc2)cc1. The largest absolute Gasteiger partial charge is 0.439 e. The van der Waals surface area contributed by atoms with E-state index in [9.17, 15) is 0 Å². The first kappa shape index (κ1) is 68.6. The number of nitrogens with zero attached hydrogens (tertiary/aromatic N) is 8. The monoisotopic (exact) mass is 1500 g/mol. The molecule has 16 heteroatoms. The summed E-state index contributed by atoms with van der Waals surface area (Å²) in [6.07, 6.45) is 0. The molecule has 16 aromatic carbocycles. The van der Waals surface area contributed by atoms with Crippen molar-refractivity contribution in [3.8, 4) is 22.5 Å². The van der Waals surface area contributed by atoms with Crippen LogP contribution in [-0.4, -0.2) is 51.0 Å². The molecule has 9 nitrogen and oxygen atoms in total. The van der Waals surface area contributed by atoms with E-state index < -0.39 is 6.98 Å². The van der Waals surface area contributed by atoms with Crippen LogP contribution in [0.2, 0.25) is 0 Å². The highest BCUT2D eigenvalue weighted by molar-refractivity contribution is 7.26. The zero-order chi connectivity index (χ0) is 76.6. The second-order valence-corrected chi connectivity index (χ2v) is 31.3. The first-order valence-corrected chi connectivity index (χ1v) is 40.8. The molecular weight excluding hydrogens is 1430 g/mol. The Labute approximate surface area is 680 Å². The van der Waals surface area contributed by atoms with Crippen LogP contribution in [0.3, 0.4) is 0 Å². The lowest BCUT2D eigenvalue weighted by atomic mass is 9.37. The summed E-state index contributed by atoms with van der Waals surface area (Å²) < 4.78 is 29.0. The second kappa shape index (κ2) is 29.1. The maximum absolute atomic E-state index is 6.95. The number of hydrogen-bond donors (Lipinski definition) is 0. The fraction of sp³-hybridized carbons (Fsp3) is 0. The molecule has 0 aliphatic carbocycles.